The lowest BCUT2D eigenvalue weighted by Crippen LogP contribution is -2.16. The molecule has 0 heterocycles. The lowest BCUT2D eigenvalue weighted by molar-refractivity contribution is -0.145. The van der Waals surface area contributed by atoms with Crippen LogP contribution in [0.25, 0.3) is 0 Å². The van der Waals surface area contributed by atoms with Crippen molar-refractivity contribution < 1.29 is 32.2 Å². The van der Waals surface area contributed by atoms with Crippen molar-refractivity contribution in [2.24, 2.45) is 5.92 Å². The number of carbonyl (C=O) groups is 2. The highest BCUT2D eigenvalue weighted by molar-refractivity contribution is 5.95. The average Bonchev–Trinajstić information content (AvgIpc) is 3.47. The van der Waals surface area contributed by atoms with Crippen LogP contribution in [0.2, 0.25) is 0 Å². The summed E-state index contributed by atoms with van der Waals surface area (Å²) >= 11 is 0. The van der Waals surface area contributed by atoms with E-state index in [2.05, 4.69) is 5.32 Å². The zero-order chi connectivity index (χ0) is 21.0. The van der Waals surface area contributed by atoms with Crippen molar-refractivity contribution in [3.05, 3.63) is 59.7 Å². The van der Waals surface area contributed by atoms with Crippen LogP contribution in [0.1, 0.15) is 30.4 Å². The minimum absolute atomic E-state index is 0.236. The van der Waals surface area contributed by atoms with E-state index in [4.69, 9.17) is 9.47 Å². The molecular weight excluding hydrogens is 387 g/mol. The highest BCUT2D eigenvalue weighted by Gasteiger charge is 2.44. The number of ether oxygens (including phenoxy) is 2. The number of benzene rings is 2. The maximum Gasteiger partial charge on any atom is 0.416 e. The molecule has 2 aromatic carbocycles. The molecule has 0 saturated heterocycles. The van der Waals surface area contributed by atoms with E-state index < -0.39 is 17.7 Å². The number of amides is 1. The Kier molecular flexibility index (Phi) is 6.10. The summed E-state index contributed by atoms with van der Waals surface area (Å²) in [6, 6.07) is 11.6. The highest BCUT2D eigenvalue weighted by atomic mass is 19.4. The van der Waals surface area contributed by atoms with Crippen LogP contribution in [0.15, 0.2) is 48.5 Å². The molecule has 0 radical (unpaired) electrons. The first-order valence-corrected chi connectivity index (χ1v) is 9.14. The summed E-state index contributed by atoms with van der Waals surface area (Å²) in [5.41, 5.74) is 0.269. The third kappa shape index (κ3) is 5.49. The minimum atomic E-state index is -4.41. The molecule has 0 aliphatic heterocycles. The Balaban J connectivity index is 1.58. The molecule has 154 valence electrons. The normalized spacial score (nSPS) is 18.1. The maximum atomic E-state index is 12.9. The Morgan fingerprint density at radius 3 is 2.62 bits per heavy atom. The van der Waals surface area contributed by atoms with Crippen molar-refractivity contribution in [2.45, 2.75) is 25.4 Å². The monoisotopic (exact) mass is 407 g/mol. The van der Waals surface area contributed by atoms with Crippen LogP contribution < -0.4 is 10.1 Å². The molecule has 2 aromatic rings. The van der Waals surface area contributed by atoms with Gasteiger partial charge >= 0.3 is 12.1 Å². The number of alkyl halides is 3. The van der Waals surface area contributed by atoms with Gasteiger partial charge in [0.2, 0.25) is 5.91 Å². The quantitative estimate of drug-likeness (QED) is 0.692. The molecular formula is C21H20F3NO4. The van der Waals surface area contributed by atoms with Crippen LogP contribution in [-0.4, -0.2) is 25.1 Å². The van der Waals surface area contributed by atoms with Gasteiger partial charge in [-0.15, -0.1) is 0 Å². The van der Waals surface area contributed by atoms with Crippen molar-refractivity contribution in [1.82, 2.24) is 0 Å². The number of halogens is 3. The Labute approximate surface area is 165 Å². The Morgan fingerprint density at radius 2 is 1.90 bits per heavy atom. The standard InChI is InChI=1S/C21H20F3NO4/c1-2-28-19(26)12-29-16-8-4-7-15(10-16)25-20(27)18-11-17(18)13-5-3-6-14(9-13)21(22,23)24/h3-10,17-18H,2,11-12H2,1H3,(H,25,27). The van der Waals surface area contributed by atoms with Gasteiger partial charge in [0.05, 0.1) is 12.2 Å². The summed E-state index contributed by atoms with van der Waals surface area (Å²) in [6.07, 6.45) is -3.92. The molecule has 0 spiro atoms. The fraction of sp³-hybridized carbons (Fsp3) is 0.333. The first-order valence-electron chi connectivity index (χ1n) is 9.14. The van der Waals surface area contributed by atoms with Crippen molar-refractivity contribution >= 4 is 17.6 Å². The van der Waals surface area contributed by atoms with Crippen LogP contribution in [0.4, 0.5) is 18.9 Å². The fourth-order valence-corrected chi connectivity index (χ4v) is 3.04. The first-order chi connectivity index (χ1) is 13.8. The third-order valence-corrected chi connectivity index (χ3v) is 4.53. The second-order valence-electron chi connectivity index (χ2n) is 6.68. The summed E-state index contributed by atoms with van der Waals surface area (Å²) < 4.78 is 48.7. The number of hydrogen-bond acceptors (Lipinski definition) is 4. The second kappa shape index (κ2) is 8.55. The fourth-order valence-electron chi connectivity index (χ4n) is 3.04. The van der Waals surface area contributed by atoms with E-state index in [0.717, 1.165) is 12.1 Å². The molecule has 1 fully saturated rings. The third-order valence-electron chi connectivity index (χ3n) is 4.53. The predicted molar refractivity (Wildman–Crippen MR) is 99.5 cm³/mol. The van der Waals surface area contributed by atoms with Crippen LogP contribution in [0, 0.1) is 5.92 Å². The van der Waals surface area contributed by atoms with Gasteiger partial charge < -0.3 is 14.8 Å². The van der Waals surface area contributed by atoms with Crippen molar-refractivity contribution in [3.63, 3.8) is 0 Å². The van der Waals surface area contributed by atoms with Crippen LogP contribution >= 0.6 is 0 Å². The van der Waals surface area contributed by atoms with Crippen molar-refractivity contribution in [2.75, 3.05) is 18.5 Å². The number of hydrogen-bond donors (Lipinski definition) is 1. The van der Waals surface area contributed by atoms with Gasteiger partial charge in [-0.25, -0.2) is 4.79 Å². The molecule has 2 atom stereocenters. The maximum absolute atomic E-state index is 12.9. The summed E-state index contributed by atoms with van der Waals surface area (Å²) in [6.45, 7) is 1.71. The van der Waals surface area contributed by atoms with Gasteiger partial charge in [-0.1, -0.05) is 24.3 Å². The number of esters is 1. The van der Waals surface area contributed by atoms with Gasteiger partial charge in [-0.05, 0) is 43.0 Å². The molecule has 1 amide bonds. The first kappa shape index (κ1) is 20.7. The molecule has 1 N–H and O–H groups in total. The van der Waals surface area contributed by atoms with Gasteiger partial charge in [-0.2, -0.15) is 13.2 Å². The van der Waals surface area contributed by atoms with Gasteiger partial charge in [0.15, 0.2) is 6.61 Å². The van der Waals surface area contributed by atoms with Crippen LogP contribution in [0.5, 0.6) is 5.75 Å². The molecule has 0 aromatic heterocycles. The van der Waals surface area contributed by atoms with Crippen molar-refractivity contribution in [1.29, 1.82) is 0 Å². The van der Waals surface area contributed by atoms with Gasteiger partial charge in [0.1, 0.15) is 5.75 Å². The second-order valence-corrected chi connectivity index (χ2v) is 6.68. The zero-order valence-corrected chi connectivity index (χ0v) is 15.7. The topological polar surface area (TPSA) is 64.6 Å². The molecule has 1 saturated carbocycles. The van der Waals surface area contributed by atoms with Crippen LogP contribution in [-0.2, 0) is 20.5 Å². The van der Waals surface area contributed by atoms with Gasteiger partial charge in [-0.3, -0.25) is 4.79 Å². The molecule has 1 aliphatic rings. The van der Waals surface area contributed by atoms with E-state index in [1.54, 1.807) is 37.3 Å². The van der Waals surface area contributed by atoms with E-state index in [1.165, 1.54) is 6.07 Å². The van der Waals surface area contributed by atoms with Crippen molar-refractivity contribution in [3.8, 4) is 5.75 Å². The summed E-state index contributed by atoms with van der Waals surface area (Å²) in [7, 11) is 0. The lowest BCUT2D eigenvalue weighted by Gasteiger charge is -2.10. The number of nitrogens with one attached hydrogen (secondary N) is 1. The largest absolute Gasteiger partial charge is 0.482 e. The van der Waals surface area contributed by atoms with E-state index >= 15 is 0 Å². The SMILES string of the molecule is CCOC(=O)COc1cccc(NC(=O)C2CC2c2cccc(C(F)(F)F)c2)c1. The minimum Gasteiger partial charge on any atom is -0.482 e. The van der Waals surface area contributed by atoms with Gasteiger partial charge in [0, 0.05) is 17.7 Å². The summed E-state index contributed by atoms with van der Waals surface area (Å²) in [5.74, 6) is -0.997. The molecule has 5 nitrogen and oxygen atoms in total. The number of carbonyl (C=O) groups excluding carboxylic acids is 2. The number of rotatable bonds is 7. The molecule has 0 bridgehead atoms. The smallest absolute Gasteiger partial charge is 0.416 e. The van der Waals surface area contributed by atoms with E-state index in [1.807, 2.05) is 0 Å². The lowest BCUT2D eigenvalue weighted by atomic mass is 10.1. The Bertz CT molecular complexity index is 897. The van der Waals surface area contributed by atoms with E-state index in [9.17, 15) is 22.8 Å². The highest BCUT2D eigenvalue weighted by Crippen LogP contribution is 2.48. The zero-order valence-electron chi connectivity index (χ0n) is 15.7. The van der Waals surface area contributed by atoms with Crippen LogP contribution in [0.3, 0.4) is 0 Å². The predicted octanol–water partition coefficient (Wildman–Crippen LogP) is 4.39. The van der Waals surface area contributed by atoms with Gasteiger partial charge in [0.25, 0.3) is 0 Å². The molecule has 29 heavy (non-hydrogen) atoms. The average molecular weight is 407 g/mol. The van der Waals surface area contributed by atoms with E-state index in [-0.39, 0.29) is 31.0 Å². The molecule has 2 unspecified atom stereocenters. The summed E-state index contributed by atoms with van der Waals surface area (Å²) in [4.78, 5) is 23.8. The summed E-state index contributed by atoms with van der Waals surface area (Å²) in [5, 5.41) is 2.74. The molecule has 8 heteroatoms. The molecule has 1 aliphatic carbocycles. The van der Waals surface area contributed by atoms with E-state index in [0.29, 0.717) is 23.4 Å². The molecule has 3 rings (SSSR count). The Morgan fingerprint density at radius 1 is 1.14 bits per heavy atom. The number of anilines is 1. The Hall–Kier alpha value is -3.03.